The Labute approximate surface area is 80.5 Å². The molecule has 1 nitrogen and oxygen atoms in total. The van der Waals surface area contributed by atoms with Crippen molar-refractivity contribution >= 4 is 5.70 Å². The summed E-state index contributed by atoms with van der Waals surface area (Å²) >= 11 is 0. The van der Waals surface area contributed by atoms with E-state index in [0.717, 1.165) is 5.70 Å². The summed E-state index contributed by atoms with van der Waals surface area (Å²) in [7, 11) is 1.90. The van der Waals surface area contributed by atoms with Crippen LogP contribution >= 0.6 is 0 Å². The fraction of sp³-hybridized carbons (Fsp3) is 0.333. The summed E-state index contributed by atoms with van der Waals surface area (Å²) in [5, 5.41) is 3.07. The SMILES string of the molecule is C=C(NC)c1ccc(C)c(C)c1C. The molecule has 0 radical (unpaired) electrons. The summed E-state index contributed by atoms with van der Waals surface area (Å²) < 4.78 is 0. The second-order valence-corrected chi connectivity index (χ2v) is 3.41. The number of benzene rings is 1. The van der Waals surface area contributed by atoms with Crippen LogP contribution in [0.4, 0.5) is 0 Å². The van der Waals surface area contributed by atoms with Gasteiger partial charge in [-0.3, -0.25) is 0 Å². The van der Waals surface area contributed by atoms with E-state index in [2.05, 4.69) is 44.8 Å². The summed E-state index contributed by atoms with van der Waals surface area (Å²) in [5.41, 5.74) is 6.21. The largest absolute Gasteiger partial charge is 0.388 e. The lowest BCUT2D eigenvalue weighted by molar-refractivity contribution is 1.11. The van der Waals surface area contributed by atoms with Gasteiger partial charge in [0.1, 0.15) is 0 Å². The molecule has 0 bridgehead atoms. The van der Waals surface area contributed by atoms with Crippen molar-refractivity contribution in [1.82, 2.24) is 5.32 Å². The van der Waals surface area contributed by atoms with Crippen LogP contribution in [0.2, 0.25) is 0 Å². The lowest BCUT2D eigenvalue weighted by atomic mass is 9.97. The van der Waals surface area contributed by atoms with Gasteiger partial charge >= 0.3 is 0 Å². The molecule has 0 spiro atoms. The van der Waals surface area contributed by atoms with Crippen molar-refractivity contribution in [3.63, 3.8) is 0 Å². The molecule has 0 heterocycles. The van der Waals surface area contributed by atoms with Gasteiger partial charge < -0.3 is 5.32 Å². The second kappa shape index (κ2) is 3.65. The molecule has 0 atom stereocenters. The van der Waals surface area contributed by atoms with Gasteiger partial charge in [-0.1, -0.05) is 18.7 Å². The van der Waals surface area contributed by atoms with Gasteiger partial charge in [-0.25, -0.2) is 0 Å². The molecule has 1 heteroatoms. The quantitative estimate of drug-likeness (QED) is 0.728. The molecule has 1 N–H and O–H groups in total. The molecule has 0 aliphatic rings. The summed E-state index contributed by atoms with van der Waals surface area (Å²) in [6, 6.07) is 4.26. The van der Waals surface area contributed by atoms with Crippen molar-refractivity contribution in [1.29, 1.82) is 0 Å². The van der Waals surface area contributed by atoms with E-state index in [0.29, 0.717) is 0 Å². The van der Waals surface area contributed by atoms with Crippen LogP contribution in [0.3, 0.4) is 0 Å². The highest BCUT2D eigenvalue weighted by Crippen LogP contribution is 2.20. The maximum atomic E-state index is 3.96. The van der Waals surface area contributed by atoms with E-state index in [4.69, 9.17) is 0 Å². The molecule has 1 aromatic carbocycles. The molecule has 13 heavy (non-hydrogen) atoms. The third-order valence-corrected chi connectivity index (χ3v) is 2.68. The Bertz CT molecular complexity index is 337. The second-order valence-electron chi connectivity index (χ2n) is 3.41. The smallest absolute Gasteiger partial charge is 0.0340 e. The van der Waals surface area contributed by atoms with E-state index in [1.807, 2.05) is 7.05 Å². The molecule has 0 unspecified atom stereocenters. The van der Waals surface area contributed by atoms with Crippen LogP contribution in [0.1, 0.15) is 22.3 Å². The molecule has 0 aliphatic carbocycles. The Kier molecular flexibility index (Phi) is 2.76. The van der Waals surface area contributed by atoms with Gasteiger partial charge in [0.2, 0.25) is 0 Å². The number of nitrogens with one attached hydrogen (secondary N) is 1. The topological polar surface area (TPSA) is 12.0 Å². The van der Waals surface area contributed by atoms with Gasteiger partial charge in [-0.15, -0.1) is 0 Å². The first kappa shape index (κ1) is 9.85. The van der Waals surface area contributed by atoms with E-state index < -0.39 is 0 Å². The van der Waals surface area contributed by atoms with E-state index in [-0.39, 0.29) is 0 Å². The fourth-order valence-corrected chi connectivity index (χ4v) is 1.42. The van der Waals surface area contributed by atoms with Crippen LogP contribution in [-0.4, -0.2) is 7.05 Å². The van der Waals surface area contributed by atoms with Crippen molar-refractivity contribution in [2.24, 2.45) is 0 Å². The minimum Gasteiger partial charge on any atom is -0.388 e. The van der Waals surface area contributed by atoms with Crippen LogP contribution in [0.5, 0.6) is 0 Å². The Hall–Kier alpha value is -1.24. The first-order valence-corrected chi connectivity index (χ1v) is 4.51. The third kappa shape index (κ3) is 1.74. The molecular weight excluding hydrogens is 158 g/mol. The van der Waals surface area contributed by atoms with Gasteiger partial charge in [0.05, 0.1) is 0 Å². The van der Waals surface area contributed by atoms with Gasteiger partial charge in [0.25, 0.3) is 0 Å². The van der Waals surface area contributed by atoms with Crippen molar-refractivity contribution in [3.05, 3.63) is 41.0 Å². The van der Waals surface area contributed by atoms with Crippen LogP contribution < -0.4 is 5.32 Å². The van der Waals surface area contributed by atoms with Gasteiger partial charge in [-0.2, -0.15) is 0 Å². The Balaban J connectivity index is 3.26. The van der Waals surface area contributed by atoms with Gasteiger partial charge in [-0.05, 0) is 37.5 Å². The molecule has 0 amide bonds. The number of aryl methyl sites for hydroxylation is 1. The maximum absolute atomic E-state index is 3.96. The molecule has 0 fully saturated rings. The monoisotopic (exact) mass is 175 g/mol. The zero-order valence-electron chi connectivity index (χ0n) is 8.86. The predicted molar refractivity (Wildman–Crippen MR) is 58.7 cm³/mol. The highest BCUT2D eigenvalue weighted by molar-refractivity contribution is 5.66. The van der Waals surface area contributed by atoms with Crippen molar-refractivity contribution in [2.75, 3.05) is 7.05 Å². The summed E-state index contributed by atoms with van der Waals surface area (Å²) in [5.74, 6) is 0. The highest BCUT2D eigenvalue weighted by atomic mass is 14.8. The van der Waals surface area contributed by atoms with Crippen molar-refractivity contribution in [2.45, 2.75) is 20.8 Å². The number of hydrogen-bond acceptors (Lipinski definition) is 1. The molecular formula is C12H17N. The highest BCUT2D eigenvalue weighted by Gasteiger charge is 2.04. The van der Waals surface area contributed by atoms with Crippen LogP contribution in [0, 0.1) is 20.8 Å². The minimum atomic E-state index is 0.987. The van der Waals surface area contributed by atoms with Gasteiger partial charge in [0, 0.05) is 18.3 Å². The van der Waals surface area contributed by atoms with Gasteiger partial charge in [0.15, 0.2) is 0 Å². The summed E-state index contributed by atoms with van der Waals surface area (Å²) in [4.78, 5) is 0. The van der Waals surface area contributed by atoms with Crippen LogP contribution in [0.15, 0.2) is 18.7 Å². The van der Waals surface area contributed by atoms with E-state index in [1.165, 1.54) is 22.3 Å². The predicted octanol–water partition coefficient (Wildman–Crippen LogP) is 2.80. The van der Waals surface area contributed by atoms with Crippen LogP contribution in [0.25, 0.3) is 5.70 Å². The van der Waals surface area contributed by atoms with E-state index >= 15 is 0 Å². The third-order valence-electron chi connectivity index (χ3n) is 2.68. The molecule has 0 saturated heterocycles. The average Bonchev–Trinajstić information content (AvgIpc) is 2.13. The molecule has 0 saturated carbocycles. The molecule has 0 aromatic heterocycles. The minimum absolute atomic E-state index is 0.987. The van der Waals surface area contributed by atoms with Crippen LogP contribution in [-0.2, 0) is 0 Å². The Morgan fingerprint density at radius 3 is 2.31 bits per heavy atom. The van der Waals surface area contributed by atoms with Crippen molar-refractivity contribution in [3.8, 4) is 0 Å². The van der Waals surface area contributed by atoms with E-state index in [1.54, 1.807) is 0 Å². The zero-order chi connectivity index (χ0) is 10.0. The first-order valence-electron chi connectivity index (χ1n) is 4.51. The molecule has 70 valence electrons. The average molecular weight is 175 g/mol. The van der Waals surface area contributed by atoms with Crippen molar-refractivity contribution < 1.29 is 0 Å². The lowest BCUT2D eigenvalue weighted by Gasteiger charge is -2.12. The maximum Gasteiger partial charge on any atom is 0.0340 e. The molecule has 1 aromatic rings. The Morgan fingerprint density at radius 2 is 1.77 bits per heavy atom. The lowest BCUT2D eigenvalue weighted by Crippen LogP contribution is -2.05. The fourth-order valence-electron chi connectivity index (χ4n) is 1.42. The zero-order valence-corrected chi connectivity index (χ0v) is 8.86. The summed E-state index contributed by atoms with van der Waals surface area (Å²) in [6.45, 7) is 10.4. The number of rotatable bonds is 2. The Morgan fingerprint density at radius 1 is 1.15 bits per heavy atom. The normalized spacial score (nSPS) is 9.85. The standard InChI is InChI=1S/C12H17N/c1-8-6-7-12(11(4)13-5)10(3)9(8)2/h6-7,13H,4H2,1-3,5H3. The summed E-state index contributed by atoms with van der Waals surface area (Å²) in [6.07, 6.45) is 0. The first-order chi connectivity index (χ1) is 6.07. The van der Waals surface area contributed by atoms with E-state index in [9.17, 15) is 0 Å². The molecule has 0 aliphatic heterocycles. The number of hydrogen-bond donors (Lipinski definition) is 1. The molecule has 1 rings (SSSR count).